The summed E-state index contributed by atoms with van der Waals surface area (Å²) in [6.07, 6.45) is 0.905. The lowest BCUT2D eigenvalue weighted by atomic mass is 10.3. The van der Waals surface area contributed by atoms with Crippen molar-refractivity contribution in [2.45, 2.75) is 31.6 Å². The third kappa shape index (κ3) is 4.96. The Hall–Kier alpha value is -0.590. The monoisotopic (exact) mass is 246 g/mol. The van der Waals surface area contributed by atoms with Crippen LogP contribution in [0.25, 0.3) is 0 Å². The molecule has 92 valence electrons. The molecule has 6 heteroatoms. The predicted molar refractivity (Wildman–Crippen MR) is 62.3 cm³/mol. The summed E-state index contributed by atoms with van der Waals surface area (Å²) in [6, 6.07) is 0. The van der Waals surface area contributed by atoms with E-state index in [9.17, 15) is 5.11 Å². The Morgan fingerprint density at radius 3 is 3.06 bits per heavy atom. The number of methoxy groups -OCH3 is 1. The Bertz CT molecular complexity index is 293. The highest BCUT2D eigenvalue weighted by Crippen LogP contribution is 2.11. The number of rotatable bonds is 8. The Balaban J connectivity index is 2.33. The van der Waals surface area contributed by atoms with Gasteiger partial charge in [-0.1, -0.05) is 12.1 Å². The van der Waals surface area contributed by atoms with Crippen molar-refractivity contribution in [1.82, 2.24) is 10.1 Å². The number of aliphatic hydroxyl groups is 1. The van der Waals surface area contributed by atoms with Crippen LogP contribution in [0.15, 0.2) is 4.52 Å². The maximum absolute atomic E-state index is 9.47. The molecule has 1 N–H and O–H groups in total. The van der Waals surface area contributed by atoms with E-state index in [1.807, 2.05) is 0 Å². The molecule has 0 saturated carbocycles. The van der Waals surface area contributed by atoms with Gasteiger partial charge >= 0.3 is 0 Å². The molecule has 0 fully saturated rings. The van der Waals surface area contributed by atoms with Crippen molar-refractivity contribution in [1.29, 1.82) is 0 Å². The van der Waals surface area contributed by atoms with E-state index in [1.54, 1.807) is 18.9 Å². The lowest BCUT2D eigenvalue weighted by molar-refractivity contribution is 0.0599. The summed E-state index contributed by atoms with van der Waals surface area (Å²) >= 11 is 1.78. The van der Waals surface area contributed by atoms with Gasteiger partial charge in [0.15, 0.2) is 5.82 Å². The van der Waals surface area contributed by atoms with Crippen LogP contribution < -0.4 is 0 Å². The standard InChI is InChI=1S/C10H18N2O3S/c1-3-4-16-7-9-11-10(15-12-9)5-8(13)6-14-2/h8,13H,3-7H2,1-2H3. The number of ether oxygens (including phenoxy) is 1. The molecule has 0 radical (unpaired) electrons. The Morgan fingerprint density at radius 2 is 2.38 bits per heavy atom. The van der Waals surface area contributed by atoms with Crippen LogP contribution in [0, 0.1) is 0 Å². The van der Waals surface area contributed by atoms with Gasteiger partial charge in [-0.05, 0) is 12.2 Å². The average Bonchev–Trinajstić information content (AvgIpc) is 2.66. The fraction of sp³-hybridized carbons (Fsp3) is 0.800. The normalized spacial score (nSPS) is 12.9. The van der Waals surface area contributed by atoms with Crippen molar-refractivity contribution in [2.75, 3.05) is 19.5 Å². The van der Waals surface area contributed by atoms with E-state index in [-0.39, 0.29) is 6.61 Å². The smallest absolute Gasteiger partial charge is 0.229 e. The molecule has 5 nitrogen and oxygen atoms in total. The molecule has 0 bridgehead atoms. The molecule has 0 saturated heterocycles. The second-order valence-electron chi connectivity index (χ2n) is 3.47. The van der Waals surface area contributed by atoms with E-state index in [0.29, 0.717) is 18.1 Å². The van der Waals surface area contributed by atoms with Crippen LogP contribution in [-0.4, -0.2) is 40.8 Å². The topological polar surface area (TPSA) is 68.4 Å². The van der Waals surface area contributed by atoms with Gasteiger partial charge < -0.3 is 14.4 Å². The van der Waals surface area contributed by atoms with Crippen LogP contribution in [-0.2, 0) is 16.9 Å². The zero-order valence-corrected chi connectivity index (χ0v) is 10.5. The molecule has 0 aliphatic rings. The molecule has 0 aromatic carbocycles. The largest absolute Gasteiger partial charge is 0.390 e. The van der Waals surface area contributed by atoms with Gasteiger partial charge in [0, 0.05) is 7.11 Å². The molecule has 0 amide bonds. The van der Waals surface area contributed by atoms with Crippen molar-refractivity contribution in [2.24, 2.45) is 0 Å². The summed E-state index contributed by atoms with van der Waals surface area (Å²) in [6.45, 7) is 2.41. The first-order valence-electron chi connectivity index (χ1n) is 5.32. The van der Waals surface area contributed by atoms with Crippen LogP contribution in [0.2, 0.25) is 0 Å². The Kier molecular flexibility index (Phi) is 6.44. The Labute approximate surface area is 99.6 Å². The highest BCUT2D eigenvalue weighted by Gasteiger charge is 2.11. The number of aromatic nitrogens is 2. The highest BCUT2D eigenvalue weighted by atomic mass is 32.2. The summed E-state index contributed by atoms with van der Waals surface area (Å²) in [4.78, 5) is 4.19. The minimum Gasteiger partial charge on any atom is -0.390 e. The molecule has 1 heterocycles. The van der Waals surface area contributed by atoms with Crippen LogP contribution in [0.3, 0.4) is 0 Å². The molecule has 0 aliphatic carbocycles. The molecule has 1 aromatic rings. The van der Waals surface area contributed by atoms with Crippen molar-refractivity contribution in [3.63, 3.8) is 0 Å². The number of nitrogens with zero attached hydrogens (tertiary/aromatic N) is 2. The lowest BCUT2D eigenvalue weighted by Gasteiger charge is -2.04. The number of aliphatic hydroxyl groups excluding tert-OH is 1. The van der Waals surface area contributed by atoms with Gasteiger partial charge in [-0.25, -0.2) is 0 Å². The van der Waals surface area contributed by atoms with Gasteiger partial charge in [-0.2, -0.15) is 16.7 Å². The molecular weight excluding hydrogens is 228 g/mol. The van der Waals surface area contributed by atoms with Crippen molar-refractivity contribution in [3.8, 4) is 0 Å². The van der Waals surface area contributed by atoms with E-state index in [4.69, 9.17) is 9.26 Å². The third-order valence-electron chi connectivity index (χ3n) is 1.86. The number of hydrogen-bond acceptors (Lipinski definition) is 6. The SMILES string of the molecule is CCCSCc1noc(CC(O)COC)n1. The van der Waals surface area contributed by atoms with Crippen molar-refractivity contribution < 1.29 is 14.4 Å². The average molecular weight is 246 g/mol. The number of hydrogen-bond donors (Lipinski definition) is 1. The Morgan fingerprint density at radius 1 is 1.56 bits per heavy atom. The maximum Gasteiger partial charge on any atom is 0.229 e. The predicted octanol–water partition coefficient (Wildman–Crippen LogP) is 1.26. The summed E-state index contributed by atoms with van der Waals surface area (Å²) in [7, 11) is 1.55. The molecule has 1 unspecified atom stereocenters. The number of thioether (sulfide) groups is 1. The molecule has 1 atom stereocenters. The van der Waals surface area contributed by atoms with Gasteiger partial charge in [0.2, 0.25) is 5.89 Å². The van der Waals surface area contributed by atoms with Crippen LogP contribution >= 0.6 is 11.8 Å². The molecule has 1 rings (SSSR count). The maximum atomic E-state index is 9.47. The van der Waals surface area contributed by atoms with Gasteiger partial charge in [0.05, 0.1) is 24.9 Å². The molecule has 16 heavy (non-hydrogen) atoms. The minimum absolute atomic E-state index is 0.280. The summed E-state index contributed by atoms with van der Waals surface area (Å²) < 4.78 is 9.84. The summed E-state index contributed by atoms with van der Waals surface area (Å²) in [5, 5.41) is 13.3. The first kappa shape index (κ1) is 13.5. The second-order valence-corrected chi connectivity index (χ2v) is 4.58. The van der Waals surface area contributed by atoms with E-state index in [1.165, 1.54) is 0 Å². The lowest BCUT2D eigenvalue weighted by Crippen LogP contribution is -2.17. The minimum atomic E-state index is -0.582. The first-order valence-corrected chi connectivity index (χ1v) is 6.48. The van der Waals surface area contributed by atoms with Crippen LogP contribution in [0.5, 0.6) is 0 Å². The highest BCUT2D eigenvalue weighted by molar-refractivity contribution is 7.98. The van der Waals surface area contributed by atoms with Crippen LogP contribution in [0.1, 0.15) is 25.1 Å². The second kappa shape index (κ2) is 7.65. The van der Waals surface area contributed by atoms with Crippen LogP contribution in [0.4, 0.5) is 0 Å². The fourth-order valence-electron chi connectivity index (χ4n) is 1.19. The summed E-state index contributed by atoms with van der Waals surface area (Å²) in [5.74, 6) is 3.02. The zero-order valence-electron chi connectivity index (χ0n) is 9.68. The quantitative estimate of drug-likeness (QED) is 0.696. The van der Waals surface area contributed by atoms with E-state index in [0.717, 1.165) is 17.9 Å². The molecular formula is C10H18N2O3S. The fourth-order valence-corrected chi connectivity index (χ4v) is 1.93. The first-order chi connectivity index (χ1) is 7.76. The third-order valence-corrected chi connectivity index (χ3v) is 3.02. The van der Waals surface area contributed by atoms with Gasteiger partial charge in [0.25, 0.3) is 0 Å². The van der Waals surface area contributed by atoms with E-state index in [2.05, 4.69) is 17.1 Å². The van der Waals surface area contributed by atoms with E-state index < -0.39 is 6.10 Å². The summed E-state index contributed by atoms with van der Waals surface area (Å²) in [5.41, 5.74) is 0. The van der Waals surface area contributed by atoms with Gasteiger partial charge in [0.1, 0.15) is 0 Å². The van der Waals surface area contributed by atoms with E-state index >= 15 is 0 Å². The van der Waals surface area contributed by atoms with Gasteiger partial charge in [-0.15, -0.1) is 0 Å². The molecule has 0 spiro atoms. The van der Waals surface area contributed by atoms with Crippen molar-refractivity contribution in [3.05, 3.63) is 11.7 Å². The molecule has 0 aliphatic heterocycles. The van der Waals surface area contributed by atoms with Gasteiger partial charge in [-0.3, -0.25) is 0 Å². The zero-order chi connectivity index (χ0) is 11.8. The van der Waals surface area contributed by atoms with Crippen molar-refractivity contribution >= 4 is 11.8 Å². The molecule has 1 aromatic heterocycles.